The van der Waals surface area contributed by atoms with Gasteiger partial charge in [0.15, 0.2) is 0 Å². The van der Waals surface area contributed by atoms with E-state index < -0.39 is 5.97 Å². The topological polar surface area (TPSA) is 40.5 Å². The van der Waals surface area contributed by atoms with Gasteiger partial charge >= 0.3 is 5.97 Å². The second kappa shape index (κ2) is 6.06. The van der Waals surface area contributed by atoms with Crippen LogP contribution < -0.4 is 0 Å². The zero-order valence-electron chi connectivity index (χ0n) is 11.3. The maximum atomic E-state index is 11.2. The molecule has 1 heterocycles. The molecule has 0 radical (unpaired) electrons. The fourth-order valence-electron chi connectivity index (χ4n) is 2.97. The number of carboxylic acids is 1. The van der Waals surface area contributed by atoms with E-state index in [-0.39, 0.29) is 11.8 Å². The third-order valence-corrected chi connectivity index (χ3v) is 4.57. The molecule has 0 spiro atoms. The SMILES string of the molecule is CCC(c1ccc(Br)cc1)N1CC(C)C(C(=O)O)C1. The molecule has 3 unspecified atom stereocenters. The Hall–Kier alpha value is -0.870. The molecule has 3 nitrogen and oxygen atoms in total. The van der Waals surface area contributed by atoms with Gasteiger partial charge in [-0.1, -0.05) is 41.9 Å². The van der Waals surface area contributed by atoms with Crippen LogP contribution in [0.3, 0.4) is 0 Å². The molecule has 1 aliphatic rings. The van der Waals surface area contributed by atoms with Gasteiger partial charge in [-0.25, -0.2) is 0 Å². The van der Waals surface area contributed by atoms with Crippen molar-refractivity contribution in [3.8, 4) is 0 Å². The molecule has 0 aliphatic carbocycles. The summed E-state index contributed by atoms with van der Waals surface area (Å²) in [5.74, 6) is -0.674. The first kappa shape index (κ1) is 14.5. The van der Waals surface area contributed by atoms with E-state index in [1.807, 2.05) is 19.1 Å². The molecular weight excluding hydrogens is 306 g/mol. The van der Waals surface area contributed by atoms with E-state index in [1.165, 1.54) is 5.56 Å². The van der Waals surface area contributed by atoms with Crippen molar-refractivity contribution in [2.75, 3.05) is 13.1 Å². The van der Waals surface area contributed by atoms with Crippen LogP contribution in [0.2, 0.25) is 0 Å². The minimum Gasteiger partial charge on any atom is -0.481 e. The lowest BCUT2D eigenvalue weighted by Crippen LogP contribution is -2.27. The van der Waals surface area contributed by atoms with Crippen molar-refractivity contribution in [3.05, 3.63) is 34.3 Å². The summed E-state index contributed by atoms with van der Waals surface area (Å²) >= 11 is 3.45. The van der Waals surface area contributed by atoms with Crippen LogP contribution in [0.15, 0.2) is 28.7 Å². The molecule has 1 aromatic rings. The number of carboxylic acid groups (broad SMARTS) is 1. The molecule has 3 atom stereocenters. The highest BCUT2D eigenvalue weighted by atomic mass is 79.9. The second-order valence-corrected chi connectivity index (χ2v) is 6.27. The van der Waals surface area contributed by atoms with Crippen molar-refractivity contribution < 1.29 is 9.90 Å². The van der Waals surface area contributed by atoms with Crippen LogP contribution in [0.5, 0.6) is 0 Å². The summed E-state index contributed by atoms with van der Waals surface area (Å²) in [6.45, 7) is 5.72. The summed E-state index contributed by atoms with van der Waals surface area (Å²) in [6.07, 6.45) is 1.00. The van der Waals surface area contributed by atoms with Crippen LogP contribution in [-0.4, -0.2) is 29.1 Å². The average molecular weight is 326 g/mol. The fourth-order valence-corrected chi connectivity index (χ4v) is 3.23. The monoisotopic (exact) mass is 325 g/mol. The molecule has 1 aliphatic heterocycles. The van der Waals surface area contributed by atoms with Crippen LogP contribution in [0.25, 0.3) is 0 Å². The lowest BCUT2D eigenvalue weighted by Gasteiger charge is -2.27. The van der Waals surface area contributed by atoms with Gasteiger partial charge in [0.25, 0.3) is 0 Å². The number of halogens is 1. The van der Waals surface area contributed by atoms with Crippen LogP contribution in [0.4, 0.5) is 0 Å². The third kappa shape index (κ3) is 3.18. The number of nitrogens with zero attached hydrogens (tertiary/aromatic N) is 1. The molecule has 1 aromatic carbocycles. The molecule has 1 saturated heterocycles. The van der Waals surface area contributed by atoms with Crippen LogP contribution in [-0.2, 0) is 4.79 Å². The van der Waals surface area contributed by atoms with Crippen LogP contribution in [0.1, 0.15) is 31.9 Å². The van der Waals surface area contributed by atoms with Crippen molar-refractivity contribution in [1.82, 2.24) is 4.90 Å². The molecule has 0 saturated carbocycles. The number of benzene rings is 1. The minimum absolute atomic E-state index is 0.224. The fraction of sp³-hybridized carbons (Fsp3) is 0.533. The molecule has 2 rings (SSSR count). The van der Waals surface area contributed by atoms with Gasteiger partial charge in [0.05, 0.1) is 5.92 Å². The normalized spacial score (nSPS) is 25.4. The number of hydrogen-bond donors (Lipinski definition) is 1. The van der Waals surface area contributed by atoms with E-state index in [4.69, 9.17) is 0 Å². The highest BCUT2D eigenvalue weighted by molar-refractivity contribution is 9.10. The number of carbonyl (C=O) groups is 1. The van der Waals surface area contributed by atoms with Gasteiger partial charge < -0.3 is 5.11 Å². The van der Waals surface area contributed by atoms with Gasteiger partial charge in [-0.05, 0) is 30.0 Å². The van der Waals surface area contributed by atoms with Gasteiger partial charge in [-0.15, -0.1) is 0 Å². The first-order valence-electron chi connectivity index (χ1n) is 6.75. The number of likely N-dealkylation sites (tertiary alicyclic amines) is 1. The van der Waals surface area contributed by atoms with Crippen molar-refractivity contribution in [1.29, 1.82) is 0 Å². The first-order valence-corrected chi connectivity index (χ1v) is 7.54. The third-order valence-electron chi connectivity index (χ3n) is 4.04. The summed E-state index contributed by atoms with van der Waals surface area (Å²) in [5, 5.41) is 9.23. The zero-order chi connectivity index (χ0) is 14.0. The maximum absolute atomic E-state index is 11.2. The Morgan fingerprint density at radius 2 is 2.05 bits per heavy atom. The van der Waals surface area contributed by atoms with Crippen molar-refractivity contribution in [2.24, 2.45) is 11.8 Å². The first-order chi connectivity index (χ1) is 9.02. The van der Waals surface area contributed by atoms with Gasteiger partial charge in [-0.2, -0.15) is 0 Å². The quantitative estimate of drug-likeness (QED) is 0.920. The predicted octanol–water partition coefficient (Wildman–Crippen LogP) is 3.55. The van der Waals surface area contributed by atoms with E-state index in [9.17, 15) is 9.90 Å². The predicted molar refractivity (Wildman–Crippen MR) is 79.0 cm³/mol. The lowest BCUT2D eigenvalue weighted by molar-refractivity contribution is -0.142. The Morgan fingerprint density at radius 1 is 1.42 bits per heavy atom. The summed E-state index contributed by atoms with van der Waals surface area (Å²) < 4.78 is 1.07. The largest absolute Gasteiger partial charge is 0.481 e. The summed E-state index contributed by atoms with van der Waals surface area (Å²) in [4.78, 5) is 13.5. The summed E-state index contributed by atoms with van der Waals surface area (Å²) in [7, 11) is 0. The second-order valence-electron chi connectivity index (χ2n) is 5.35. The number of rotatable bonds is 4. The number of hydrogen-bond acceptors (Lipinski definition) is 2. The van der Waals surface area contributed by atoms with Crippen molar-refractivity contribution in [2.45, 2.75) is 26.3 Å². The van der Waals surface area contributed by atoms with Gasteiger partial charge in [0.2, 0.25) is 0 Å². The highest BCUT2D eigenvalue weighted by Gasteiger charge is 2.37. The molecule has 19 heavy (non-hydrogen) atoms. The molecule has 0 bridgehead atoms. The Labute approximate surface area is 122 Å². The molecule has 104 valence electrons. The molecule has 1 fully saturated rings. The van der Waals surface area contributed by atoms with E-state index in [2.05, 4.69) is 39.9 Å². The summed E-state index contributed by atoms with van der Waals surface area (Å²) in [6, 6.07) is 8.66. The van der Waals surface area contributed by atoms with Crippen molar-refractivity contribution in [3.63, 3.8) is 0 Å². The molecule has 1 N–H and O–H groups in total. The molecular formula is C15H20BrNO2. The zero-order valence-corrected chi connectivity index (χ0v) is 12.9. The average Bonchev–Trinajstić information content (AvgIpc) is 2.75. The van der Waals surface area contributed by atoms with Gasteiger partial charge in [0.1, 0.15) is 0 Å². The molecule has 0 amide bonds. The molecule has 4 heteroatoms. The Morgan fingerprint density at radius 3 is 2.53 bits per heavy atom. The maximum Gasteiger partial charge on any atom is 0.308 e. The minimum atomic E-state index is -0.666. The molecule has 0 aromatic heterocycles. The van der Waals surface area contributed by atoms with E-state index in [1.54, 1.807) is 0 Å². The Balaban J connectivity index is 2.15. The van der Waals surface area contributed by atoms with E-state index in [0.29, 0.717) is 12.6 Å². The van der Waals surface area contributed by atoms with Crippen molar-refractivity contribution >= 4 is 21.9 Å². The lowest BCUT2D eigenvalue weighted by atomic mass is 9.99. The smallest absolute Gasteiger partial charge is 0.308 e. The van der Waals surface area contributed by atoms with E-state index >= 15 is 0 Å². The standard InChI is InChI=1S/C15H20BrNO2/c1-3-14(11-4-6-12(16)7-5-11)17-8-10(2)13(9-17)15(18)19/h4-7,10,13-14H,3,8-9H2,1-2H3,(H,18,19). The van der Waals surface area contributed by atoms with Crippen LogP contribution in [0, 0.1) is 11.8 Å². The number of aliphatic carboxylic acids is 1. The summed E-state index contributed by atoms with van der Waals surface area (Å²) in [5.41, 5.74) is 1.27. The Kier molecular flexibility index (Phi) is 4.63. The van der Waals surface area contributed by atoms with E-state index in [0.717, 1.165) is 17.4 Å². The van der Waals surface area contributed by atoms with Gasteiger partial charge in [-0.3, -0.25) is 9.69 Å². The van der Waals surface area contributed by atoms with Crippen LogP contribution >= 0.6 is 15.9 Å². The highest BCUT2D eigenvalue weighted by Crippen LogP contribution is 2.33. The Bertz CT molecular complexity index is 446. The van der Waals surface area contributed by atoms with Gasteiger partial charge in [0, 0.05) is 23.6 Å².